The quantitative estimate of drug-likeness (QED) is 0.559. The smallest absolute Gasteiger partial charge is 0.223 e. The number of amides is 1. The average Bonchev–Trinajstić information content (AvgIpc) is 2.30. The van der Waals surface area contributed by atoms with Gasteiger partial charge in [0.1, 0.15) is 0 Å². The van der Waals surface area contributed by atoms with Crippen LogP contribution < -0.4 is 5.32 Å². The third-order valence-corrected chi connectivity index (χ3v) is 2.44. The molecule has 0 aliphatic heterocycles. The van der Waals surface area contributed by atoms with Gasteiger partial charge < -0.3 is 20.6 Å². The zero-order chi connectivity index (χ0) is 12.8. The monoisotopic (exact) mass is 239 g/mol. The van der Waals surface area contributed by atoms with Gasteiger partial charge in [0, 0.05) is 12.5 Å². The summed E-state index contributed by atoms with van der Waals surface area (Å²) in [4.78, 5) is 11.5. The van der Waals surface area contributed by atoms with E-state index >= 15 is 0 Å². The largest absolute Gasteiger partial charge is 0.504 e. The first-order valence-electron chi connectivity index (χ1n) is 5.44. The first-order chi connectivity index (χ1) is 8.04. The van der Waals surface area contributed by atoms with Crippen LogP contribution in [-0.2, 0) is 11.2 Å². The number of aliphatic hydroxyl groups is 1. The second-order valence-corrected chi connectivity index (χ2v) is 3.94. The number of hydrogen-bond donors (Lipinski definition) is 4. The van der Waals surface area contributed by atoms with Crippen molar-refractivity contribution in [3.05, 3.63) is 23.8 Å². The summed E-state index contributed by atoms with van der Waals surface area (Å²) in [5, 5.41) is 29.6. The summed E-state index contributed by atoms with van der Waals surface area (Å²) in [6, 6.07) is 4.49. The molecular formula is C12H17NO4. The Hall–Kier alpha value is -1.75. The fourth-order valence-electron chi connectivity index (χ4n) is 1.50. The van der Waals surface area contributed by atoms with Gasteiger partial charge in [0.05, 0.1) is 6.61 Å². The number of phenolic OH excluding ortho intramolecular Hbond substituents is 2. The van der Waals surface area contributed by atoms with Gasteiger partial charge in [-0.15, -0.1) is 0 Å². The van der Waals surface area contributed by atoms with Crippen LogP contribution in [0.1, 0.15) is 12.5 Å². The van der Waals surface area contributed by atoms with Crippen LogP contribution in [0.3, 0.4) is 0 Å². The Balaban J connectivity index is 2.58. The van der Waals surface area contributed by atoms with E-state index in [0.717, 1.165) is 5.56 Å². The van der Waals surface area contributed by atoms with Gasteiger partial charge in [-0.3, -0.25) is 4.79 Å². The summed E-state index contributed by atoms with van der Waals surface area (Å²) in [6.45, 7) is 1.92. The molecule has 0 aromatic heterocycles. The van der Waals surface area contributed by atoms with Crippen LogP contribution in [0.2, 0.25) is 0 Å². The predicted octanol–water partition coefficient (Wildman–Crippen LogP) is 0.385. The van der Waals surface area contributed by atoms with E-state index in [2.05, 4.69) is 5.32 Å². The van der Waals surface area contributed by atoms with Crippen LogP contribution in [0, 0.1) is 5.92 Å². The van der Waals surface area contributed by atoms with E-state index in [1.807, 2.05) is 0 Å². The van der Waals surface area contributed by atoms with Crippen LogP contribution >= 0.6 is 0 Å². The highest BCUT2D eigenvalue weighted by molar-refractivity contribution is 5.78. The van der Waals surface area contributed by atoms with E-state index in [1.165, 1.54) is 12.1 Å². The second kappa shape index (κ2) is 6.10. The molecule has 0 fully saturated rings. The van der Waals surface area contributed by atoms with Crippen molar-refractivity contribution in [2.24, 2.45) is 5.92 Å². The van der Waals surface area contributed by atoms with Gasteiger partial charge in [-0.1, -0.05) is 13.0 Å². The maximum absolute atomic E-state index is 11.5. The van der Waals surface area contributed by atoms with Crippen molar-refractivity contribution < 1.29 is 20.1 Å². The van der Waals surface area contributed by atoms with Gasteiger partial charge in [0.25, 0.3) is 0 Å². The maximum Gasteiger partial charge on any atom is 0.223 e. The minimum absolute atomic E-state index is 0.0849. The minimum atomic E-state index is -0.259. The van der Waals surface area contributed by atoms with E-state index < -0.39 is 0 Å². The molecule has 1 aromatic rings. The predicted molar refractivity (Wildman–Crippen MR) is 62.7 cm³/mol. The van der Waals surface area contributed by atoms with Gasteiger partial charge >= 0.3 is 0 Å². The fourth-order valence-corrected chi connectivity index (χ4v) is 1.50. The Bertz CT molecular complexity index is 392. The molecule has 1 unspecified atom stereocenters. The van der Waals surface area contributed by atoms with Crippen molar-refractivity contribution in [3.63, 3.8) is 0 Å². The molecule has 1 aromatic carbocycles. The fraction of sp³-hybridized carbons (Fsp3) is 0.417. The molecule has 5 heteroatoms. The van der Waals surface area contributed by atoms with Crippen LogP contribution in [-0.4, -0.2) is 34.4 Å². The summed E-state index contributed by atoms with van der Waals surface area (Å²) >= 11 is 0. The number of hydrogen-bond acceptors (Lipinski definition) is 4. The summed E-state index contributed by atoms with van der Waals surface area (Å²) in [5.74, 6) is -0.770. The van der Waals surface area contributed by atoms with Gasteiger partial charge in [-0.05, 0) is 24.1 Å². The molecule has 0 aliphatic carbocycles. The van der Waals surface area contributed by atoms with Gasteiger partial charge in [0.2, 0.25) is 5.91 Å². The van der Waals surface area contributed by atoms with E-state index in [1.54, 1.807) is 13.0 Å². The lowest BCUT2D eigenvalue weighted by molar-refractivity contribution is -0.124. The van der Waals surface area contributed by atoms with Crippen molar-refractivity contribution in [3.8, 4) is 11.5 Å². The zero-order valence-electron chi connectivity index (χ0n) is 9.68. The zero-order valence-corrected chi connectivity index (χ0v) is 9.68. The number of benzene rings is 1. The van der Waals surface area contributed by atoms with Crippen molar-refractivity contribution >= 4 is 5.91 Å². The Kier molecular flexibility index (Phi) is 4.78. The molecule has 1 atom stereocenters. The molecule has 5 nitrogen and oxygen atoms in total. The molecular weight excluding hydrogens is 222 g/mol. The van der Waals surface area contributed by atoms with Crippen LogP contribution in [0.25, 0.3) is 0 Å². The van der Waals surface area contributed by atoms with Crippen LogP contribution in [0.15, 0.2) is 18.2 Å². The van der Waals surface area contributed by atoms with Crippen molar-refractivity contribution in [2.75, 3.05) is 13.2 Å². The van der Waals surface area contributed by atoms with Crippen molar-refractivity contribution in [2.45, 2.75) is 13.3 Å². The van der Waals surface area contributed by atoms with Gasteiger partial charge in [-0.2, -0.15) is 0 Å². The number of carbonyl (C=O) groups excluding carboxylic acids is 1. The number of carbonyl (C=O) groups is 1. The average molecular weight is 239 g/mol. The molecule has 94 valence electrons. The Labute approximate surface area is 99.7 Å². The molecule has 0 bridgehead atoms. The molecule has 1 amide bonds. The Morgan fingerprint density at radius 3 is 2.65 bits per heavy atom. The van der Waals surface area contributed by atoms with E-state index in [4.69, 9.17) is 10.2 Å². The SMILES string of the molecule is CC(Cc1ccc(O)c(O)c1)C(=O)NCCO. The molecule has 0 heterocycles. The first kappa shape index (κ1) is 13.3. The highest BCUT2D eigenvalue weighted by atomic mass is 16.3. The second-order valence-electron chi connectivity index (χ2n) is 3.94. The van der Waals surface area contributed by atoms with E-state index in [-0.39, 0.29) is 36.5 Å². The molecule has 0 saturated heterocycles. The van der Waals surface area contributed by atoms with Crippen molar-refractivity contribution in [1.82, 2.24) is 5.32 Å². The van der Waals surface area contributed by atoms with E-state index in [0.29, 0.717) is 6.42 Å². The molecule has 4 N–H and O–H groups in total. The number of aromatic hydroxyl groups is 2. The Morgan fingerprint density at radius 2 is 2.06 bits per heavy atom. The molecule has 0 aliphatic rings. The maximum atomic E-state index is 11.5. The topological polar surface area (TPSA) is 89.8 Å². The molecule has 17 heavy (non-hydrogen) atoms. The third kappa shape index (κ3) is 3.96. The van der Waals surface area contributed by atoms with Crippen LogP contribution in [0.5, 0.6) is 11.5 Å². The molecule has 0 radical (unpaired) electrons. The summed E-state index contributed by atoms with van der Waals surface area (Å²) in [5.41, 5.74) is 0.770. The Morgan fingerprint density at radius 1 is 1.35 bits per heavy atom. The van der Waals surface area contributed by atoms with Crippen molar-refractivity contribution in [1.29, 1.82) is 0 Å². The standard InChI is InChI=1S/C12H17NO4/c1-8(12(17)13-4-5-14)6-9-2-3-10(15)11(16)7-9/h2-3,7-8,14-16H,4-6H2,1H3,(H,13,17). The summed E-state index contributed by atoms with van der Waals surface area (Å²) in [6.07, 6.45) is 0.463. The number of phenols is 2. The minimum Gasteiger partial charge on any atom is -0.504 e. The normalized spacial score (nSPS) is 12.1. The lowest BCUT2D eigenvalue weighted by Gasteiger charge is -2.12. The highest BCUT2D eigenvalue weighted by Crippen LogP contribution is 2.25. The third-order valence-electron chi connectivity index (χ3n) is 2.44. The van der Waals surface area contributed by atoms with E-state index in [9.17, 15) is 9.90 Å². The summed E-state index contributed by atoms with van der Waals surface area (Å²) < 4.78 is 0. The molecule has 0 spiro atoms. The highest BCUT2D eigenvalue weighted by Gasteiger charge is 2.13. The van der Waals surface area contributed by atoms with Gasteiger partial charge in [0.15, 0.2) is 11.5 Å². The first-order valence-corrected chi connectivity index (χ1v) is 5.44. The molecule has 1 rings (SSSR count). The van der Waals surface area contributed by atoms with Crippen LogP contribution in [0.4, 0.5) is 0 Å². The molecule has 0 saturated carbocycles. The lowest BCUT2D eigenvalue weighted by Crippen LogP contribution is -2.32. The summed E-state index contributed by atoms with van der Waals surface area (Å²) in [7, 11) is 0. The number of aliphatic hydroxyl groups excluding tert-OH is 1. The number of nitrogens with one attached hydrogen (secondary N) is 1. The lowest BCUT2D eigenvalue weighted by atomic mass is 10.00. The number of rotatable bonds is 5. The van der Waals surface area contributed by atoms with Gasteiger partial charge in [-0.25, -0.2) is 0 Å².